The van der Waals surface area contributed by atoms with Crippen LogP contribution in [0.15, 0.2) is 67.0 Å². The summed E-state index contributed by atoms with van der Waals surface area (Å²) in [6.45, 7) is 6.90. The third-order valence-electron chi connectivity index (χ3n) is 4.65. The first-order chi connectivity index (χ1) is 13.9. The molecule has 0 bridgehead atoms. The number of hydrogen-bond donors (Lipinski definition) is 2. The van der Waals surface area contributed by atoms with Gasteiger partial charge in [0.25, 0.3) is 5.91 Å². The lowest BCUT2D eigenvalue weighted by molar-refractivity contribution is 0.0950. The topological polar surface area (TPSA) is 63.2 Å². The number of ether oxygens (including phenoxy) is 1. The molecular weight excluding hydrogens is 362 g/mol. The number of nitrogens with zero attached hydrogens (tertiary/aromatic N) is 1. The summed E-state index contributed by atoms with van der Waals surface area (Å²) in [5, 5.41) is 6.33. The van der Waals surface area contributed by atoms with Crippen LogP contribution in [0.5, 0.6) is 5.75 Å². The summed E-state index contributed by atoms with van der Waals surface area (Å²) in [6, 6.07) is 17.6. The van der Waals surface area contributed by atoms with Crippen LogP contribution in [0.25, 0.3) is 0 Å². The standard InChI is InChI=1S/C24H27N3O2/c1-24(2,3)20-10-6-7-11-21(20)27-19-13-18(14-25-16-19)23(28)26-15-17-9-5-8-12-22(17)29-4/h5-14,16,27H,15H2,1-4H3,(H,26,28). The number of rotatable bonds is 6. The van der Waals surface area contributed by atoms with Crippen LogP contribution in [0.4, 0.5) is 11.4 Å². The Kier molecular flexibility index (Phi) is 6.17. The number of carbonyl (C=O) groups excluding carboxylic acids is 1. The second-order valence-electron chi connectivity index (χ2n) is 7.88. The molecule has 150 valence electrons. The molecule has 3 aromatic rings. The number of hydrogen-bond acceptors (Lipinski definition) is 4. The molecule has 0 aliphatic rings. The maximum atomic E-state index is 12.6. The van der Waals surface area contributed by atoms with Gasteiger partial charge >= 0.3 is 0 Å². The van der Waals surface area contributed by atoms with Crippen molar-refractivity contribution in [3.8, 4) is 5.75 Å². The Bertz CT molecular complexity index is 993. The SMILES string of the molecule is COc1ccccc1CNC(=O)c1cncc(Nc2ccccc2C(C)(C)C)c1. The molecule has 0 spiro atoms. The van der Waals surface area contributed by atoms with Gasteiger partial charge < -0.3 is 15.4 Å². The average molecular weight is 389 g/mol. The van der Waals surface area contributed by atoms with E-state index in [4.69, 9.17) is 4.74 Å². The molecule has 0 saturated carbocycles. The highest BCUT2D eigenvalue weighted by Crippen LogP contribution is 2.31. The van der Waals surface area contributed by atoms with Gasteiger partial charge in [0.1, 0.15) is 5.75 Å². The number of anilines is 2. The second-order valence-corrected chi connectivity index (χ2v) is 7.88. The average Bonchev–Trinajstić information content (AvgIpc) is 2.72. The molecule has 0 fully saturated rings. The predicted octanol–water partition coefficient (Wildman–Crippen LogP) is 5.06. The second kappa shape index (κ2) is 8.78. The molecule has 1 heterocycles. The Hall–Kier alpha value is -3.34. The number of pyridine rings is 1. The highest BCUT2D eigenvalue weighted by molar-refractivity contribution is 5.94. The maximum Gasteiger partial charge on any atom is 0.253 e. The number of benzene rings is 2. The molecule has 1 amide bonds. The Morgan fingerprint density at radius 1 is 1.03 bits per heavy atom. The Morgan fingerprint density at radius 3 is 2.52 bits per heavy atom. The van der Waals surface area contributed by atoms with Gasteiger partial charge in [-0.25, -0.2) is 0 Å². The van der Waals surface area contributed by atoms with Gasteiger partial charge in [0.15, 0.2) is 0 Å². The zero-order valence-electron chi connectivity index (χ0n) is 17.3. The quantitative estimate of drug-likeness (QED) is 0.618. The van der Waals surface area contributed by atoms with Crippen molar-refractivity contribution in [2.24, 2.45) is 0 Å². The van der Waals surface area contributed by atoms with E-state index in [2.05, 4.69) is 42.5 Å². The molecule has 0 aliphatic heterocycles. The van der Waals surface area contributed by atoms with Crippen molar-refractivity contribution in [3.63, 3.8) is 0 Å². The lowest BCUT2D eigenvalue weighted by atomic mass is 9.86. The molecule has 0 aliphatic carbocycles. The third kappa shape index (κ3) is 5.13. The minimum atomic E-state index is -0.184. The number of amides is 1. The van der Waals surface area contributed by atoms with Crippen LogP contribution in [0.2, 0.25) is 0 Å². The molecular formula is C24H27N3O2. The highest BCUT2D eigenvalue weighted by Gasteiger charge is 2.17. The van der Waals surface area contributed by atoms with E-state index >= 15 is 0 Å². The normalized spacial score (nSPS) is 11.0. The first-order valence-corrected chi connectivity index (χ1v) is 9.60. The van der Waals surface area contributed by atoms with Crippen molar-refractivity contribution in [2.45, 2.75) is 32.7 Å². The summed E-state index contributed by atoms with van der Waals surface area (Å²) in [5.41, 5.74) is 4.40. The molecule has 0 unspecified atom stereocenters. The van der Waals surface area contributed by atoms with Crippen LogP contribution in [0, 0.1) is 0 Å². The van der Waals surface area contributed by atoms with Crippen molar-refractivity contribution in [3.05, 3.63) is 83.7 Å². The maximum absolute atomic E-state index is 12.6. The van der Waals surface area contributed by atoms with Crippen molar-refractivity contribution in [1.29, 1.82) is 0 Å². The number of nitrogens with one attached hydrogen (secondary N) is 2. The summed E-state index contributed by atoms with van der Waals surface area (Å²) in [6.07, 6.45) is 3.29. The fourth-order valence-electron chi connectivity index (χ4n) is 3.16. The first kappa shape index (κ1) is 20.4. The summed E-state index contributed by atoms with van der Waals surface area (Å²) in [4.78, 5) is 16.9. The van der Waals surface area contributed by atoms with Gasteiger partial charge in [-0.2, -0.15) is 0 Å². The summed E-state index contributed by atoms with van der Waals surface area (Å²) in [7, 11) is 1.62. The Morgan fingerprint density at radius 2 is 1.76 bits per heavy atom. The van der Waals surface area contributed by atoms with Crippen molar-refractivity contribution in [1.82, 2.24) is 10.3 Å². The number of para-hydroxylation sites is 2. The van der Waals surface area contributed by atoms with Gasteiger partial charge in [0.2, 0.25) is 0 Å². The van der Waals surface area contributed by atoms with Crippen LogP contribution in [0.3, 0.4) is 0 Å². The van der Waals surface area contributed by atoms with Crippen molar-refractivity contribution in [2.75, 3.05) is 12.4 Å². The minimum Gasteiger partial charge on any atom is -0.496 e. The number of aromatic nitrogens is 1. The highest BCUT2D eigenvalue weighted by atomic mass is 16.5. The van der Waals surface area contributed by atoms with E-state index in [-0.39, 0.29) is 11.3 Å². The molecule has 3 rings (SSSR count). The molecule has 0 atom stereocenters. The van der Waals surface area contributed by atoms with Crippen molar-refractivity contribution < 1.29 is 9.53 Å². The molecule has 2 N–H and O–H groups in total. The zero-order valence-corrected chi connectivity index (χ0v) is 17.3. The molecule has 1 aromatic heterocycles. The minimum absolute atomic E-state index is 0.000741. The van der Waals surface area contributed by atoms with Gasteiger partial charge in [-0.1, -0.05) is 57.2 Å². The Balaban J connectivity index is 1.74. The van der Waals surface area contributed by atoms with E-state index in [9.17, 15) is 4.79 Å². The molecule has 0 radical (unpaired) electrons. The fourth-order valence-corrected chi connectivity index (χ4v) is 3.16. The van der Waals surface area contributed by atoms with Crippen molar-refractivity contribution >= 4 is 17.3 Å². The van der Waals surface area contributed by atoms with E-state index in [1.807, 2.05) is 48.5 Å². The van der Waals surface area contributed by atoms with Gasteiger partial charge in [0, 0.05) is 24.0 Å². The molecule has 2 aromatic carbocycles. The molecule has 29 heavy (non-hydrogen) atoms. The Labute approximate surface area is 172 Å². The lowest BCUT2D eigenvalue weighted by Crippen LogP contribution is -2.23. The predicted molar refractivity (Wildman–Crippen MR) is 117 cm³/mol. The van der Waals surface area contributed by atoms with Gasteiger partial charge in [-0.15, -0.1) is 0 Å². The first-order valence-electron chi connectivity index (χ1n) is 9.60. The smallest absolute Gasteiger partial charge is 0.253 e. The van der Waals surface area contributed by atoms with Crippen LogP contribution in [-0.4, -0.2) is 18.0 Å². The van der Waals surface area contributed by atoms with Crippen LogP contribution < -0.4 is 15.4 Å². The molecule has 5 heteroatoms. The van der Waals surface area contributed by atoms with Gasteiger partial charge in [-0.05, 0) is 29.2 Å². The van der Waals surface area contributed by atoms with E-state index < -0.39 is 0 Å². The molecule has 0 saturated heterocycles. The van der Waals surface area contributed by atoms with Crippen LogP contribution in [-0.2, 0) is 12.0 Å². The largest absolute Gasteiger partial charge is 0.496 e. The monoisotopic (exact) mass is 389 g/mol. The summed E-state index contributed by atoms with van der Waals surface area (Å²) >= 11 is 0. The van der Waals surface area contributed by atoms with Gasteiger partial charge in [0.05, 0.1) is 24.6 Å². The van der Waals surface area contributed by atoms with E-state index in [0.29, 0.717) is 12.1 Å². The van der Waals surface area contributed by atoms with E-state index in [1.165, 1.54) is 5.56 Å². The number of carbonyl (C=O) groups is 1. The lowest BCUT2D eigenvalue weighted by Gasteiger charge is -2.23. The van der Waals surface area contributed by atoms with E-state index in [0.717, 1.165) is 22.7 Å². The summed E-state index contributed by atoms with van der Waals surface area (Å²) in [5.74, 6) is 0.566. The van der Waals surface area contributed by atoms with Gasteiger partial charge in [-0.3, -0.25) is 9.78 Å². The fraction of sp³-hybridized carbons (Fsp3) is 0.250. The van der Waals surface area contributed by atoms with Crippen LogP contribution >= 0.6 is 0 Å². The van der Waals surface area contributed by atoms with E-state index in [1.54, 1.807) is 19.5 Å². The third-order valence-corrected chi connectivity index (χ3v) is 4.65. The summed E-state index contributed by atoms with van der Waals surface area (Å²) < 4.78 is 5.33. The zero-order chi connectivity index (χ0) is 20.9. The van der Waals surface area contributed by atoms with Crippen LogP contribution in [0.1, 0.15) is 42.3 Å². The molecule has 5 nitrogen and oxygen atoms in total. The number of methoxy groups -OCH3 is 1.